The van der Waals surface area contributed by atoms with Gasteiger partial charge < -0.3 is 4.12 Å². The maximum absolute atomic E-state index is 6.36. The molecule has 0 amide bonds. The van der Waals surface area contributed by atoms with Crippen LogP contribution < -0.4 is 0 Å². The lowest BCUT2D eigenvalue weighted by molar-refractivity contribution is 0.575. The molecular weight excluding hydrogens is 208 g/mol. The maximum Gasteiger partial charge on any atom is 0.186 e. The third kappa shape index (κ3) is 3.93. The second kappa shape index (κ2) is 3.84. The summed E-state index contributed by atoms with van der Waals surface area (Å²) in [6.45, 7) is 20.3. The van der Waals surface area contributed by atoms with Gasteiger partial charge in [0.25, 0.3) is 0 Å². The summed E-state index contributed by atoms with van der Waals surface area (Å²) in [7, 11) is -4.18. The van der Waals surface area contributed by atoms with E-state index in [0.717, 1.165) is 0 Å². The average molecular weight is 233 g/mol. The summed E-state index contributed by atoms with van der Waals surface area (Å²) >= 11 is 0. The zero-order chi connectivity index (χ0) is 10.9. The van der Waals surface area contributed by atoms with Gasteiger partial charge >= 0.3 is 0 Å². The van der Waals surface area contributed by atoms with Crippen molar-refractivity contribution in [3.63, 3.8) is 0 Å². The van der Waals surface area contributed by atoms with E-state index in [1.807, 2.05) is 0 Å². The summed E-state index contributed by atoms with van der Waals surface area (Å²) in [6.07, 6.45) is 0. The van der Waals surface area contributed by atoms with Crippen molar-refractivity contribution in [2.75, 3.05) is 0 Å². The molecule has 0 bridgehead atoms. The Labute approximate surface area is 86.3 Å². The normalized spacial score (nSPS) is 18.1. The van der Waals surface area contributed by atoms with Gasteiger partial charge in [0.2, 0.25) is 0 Å². The van der Waals surface area contributed by atoms with Crippen molar-refractivity contribution in [3.8, 4) is 0 Å². The molecule has 0 aliphatic carbocycles. The van der Waals surface area contributed by atoms with Crippen LogP contribution in [-0.2, 0) is 4.12 Å². The topological polar surface area (TPSA) is 9.23 Å². The third-order valence-corrected chi connectivity index (χ3v) is 20.8. The number of hydrogen-bond acceptors (Lipinski definition) is 1. The predicted octanol–water partition coefficient (Wildman–Crippen LogP) is 3.56. The van der Waals surface area contributed by atoms with Crippen LogP contribution in [0.25, 0.3) is 0 Å². The molecule has 78 valence electrons. The first-order valence-electron chi connectivity index (χ1n) is 4.86. The highest BCUT2D eigenvalue weighted by Crippen LogP contribution is 2.25. The summed E-state index contributed by atoms with van der Waals surface area (Å²) in [6, 6.07) is 0. The highest BCUT2D eigenvalue weighted by Gasteiger charge is 2.43. The lowest BCUT2D eigenvalue weighted by Gasteiger charge is -2.40. The molecule has 0 aromatic heterocycles. The molecule has 0 aliphatic heterocycles. The SMILES string of the molecule is C=C[Si](C)(O[Si](C)(C)C)[Si](C)(C)C. The van der Waals surface area contributed by atoms with Gasteiger partial charge in [-0.15, -0.1) is 6.58 Å². The Kier molecular flexibility index (Phi) is 3.95. The minimum atomic E-state index is -1.60. The predicted molar refractivity (Wildman–Crippen MR) is 69.6 cm³/mol. The zero-order valence-corrected chi connectivity index (χ0v) is 13.2. The van der Waals surface area contributed by atoms with Crippen LogP contribution in [0.4, 0.5) is 0 Å². The molecule has 0 rings (SSSR count). The Bertz CT molecular complexity index is 190. The van der Waals surface area contributed by atoms with Crippen LogP contribution in [0, 0.1) is 0 Å². The Morgan fingerprint density at radius 1 is 0.923 bits per heavy atom. The number of rotatable bonds is 4. The van der Waals surface area contributed by atoms with E-state index in [1.54, 1.807) is 0 Å². The van der Waals surface area contributed by atoms with Gasteiger partial charge in [0.15, 0.2) is 16.2 Å². The fraction of sp³-hybridized carbons (Fsp3) is 0.778. The molecule has 1 nitrogen and oxygen atoms in total. The van der Waals surface area contributed by atoms with Crippen LogP contribution in [0.3, 0.4) is 0 Å². The Balaban J connectivity index is 4.77. The maximum atomic E-state index is 6.36. The quantitative estimate of drug-likeness (QED) is 0.674. The van der Waals surface area contributed by atoms with E-state index in [1.165, 1.54) is 0 Å². The van der Waals surface area contributed by atoms with Gasteiger partial charge in [0.1, 0.15) is 0 Å². The molecule has 1 unspecified atom stereocenters. The third-order valence-electron chi connectivity index (χ3n) is 2.40. The molecule has 13 heavy (non-hydrogen) atoms. The van der Waals surface area contributed by atoms with Gasteiger partial charge in [0.05, 0.1) is 7.59 Å². The monoisotopic (exact) mass is 232 g/mol. The first-order valence-corrected chi connectivity index (χ1v) is 15.2. The largest absolute Gasteiger partial charge is 0.455 e. The van der Waals surface area contributed by atoms with Crippen LogP contribution in [-0.4, -0.2) is 23.7 Å². The van der Waals surface area contributed by atoms with Gasteiger partial charge in [-0.1, -0.05) is 25.3 Å². The molecule has 1 atom stereocenters. The van der Waals surface area contributed by atoms with Crippen molar-refractivity contribution in [2.24, 2.45) is 0 Å². The molecule has 0 heterocycles. The van der Waals surface area contributed by atoms with Crippen molar-refractivity contribution < 1.29 is 4.12 Å². The second-order valence-electron chi connectivity index (χ2n) is 5.78. The van der Waals surface area contributed by atoms with Gasteiger partial charge in [0, 0.05) is 0 Å². The van der Waals surface area contributed by atoms with E-state index in [0.29, 0.717) is 0 Å². The summed E-state index contributed by atoms with van der Waals surface area (Å²) in [5.74, 6) is 0. The van der Waals surface area contributed by atoms with E-state index >= 15 is 0 Å². The van der Waals surface area contributed by atoms with Gasteiger partial charge in [-0.2, -0.15) is 0 Å². The van der Waals surface area contributed by atoms with Crippen molar-refractivity contribution in [2.45, 2.75) is 45.8 Å². The Morgan fingerprint density at radius 3 is 1.38 bits per heavy atom. The first kappa shape index (κ1) is 13.4. The Hall–Kier alpha value is 0.351. The van der Waals surface area contributed by atoms with E-state index in [-0.39, 0.29) is 0 Å². The molecule has 0 aliphatic rings. The molecule has 0 saturated carbocycles. The smallest absolute Gasteiger partial charge is 0.186 e. The highest BCUT2D eigenvalue weighted by molar-refractivity contribution is 7.41. The summed E-state index contributed by atoms with van der Waals surface area (Å²) < 4.78 is 6.36. The highest BCUT2D eigenvalue weighted by atomic mass is 29.3. The minimum Gasteiger partial charge on any atom is -0.455 e. The molecule has 4 heteroatoms. The number of hydrogen-bond donors (Lipinski definition) is 0. The van der Waals surface area contributed by atoms with Gasteiger partial charge in [-0.3, -0.25) is 0 Å². The molecule has 0 radical (unpaired) electrons. The molecule has 0 spiro atoms. The lowest BCUT2D eigenvalue weighted by Crippen LogP contribution is -2.60. The lowest BCUT2D eigenvalue weighted by atomic mass is 11.3. The van der Waals surface area contributed by atoms with Crippen LogP contribution >= 0.6 is 0 Å². The van der Waals surface area contributed by atoms with Crippen LogP contribution in [0.15, 0.2) is 12.3 Å². The van der Waals surface area contributed by atoms with Crippen molar-refractivity contribution in [1.29, 1.82) is 0 Å². The van der Waals surface area contributed by atoms with E-state index in [4.69, 9.17) is 4.12 Å². The van der Waals surface area contributed by atoms with Crippen molar-refractivity contribution >= 4 is 23.7 Å². The van der Waals surface area contributed by atoms with Crippen molar-refractivity contribution in [3.05, 3.63) is 12.3 Å². The molecule has 0 aromatic rings. The van der Waals surface area contributed by atoms with Gasteiger partial charge in [-0.25, -0.2) is 0 Å². The summed E-state index contributed by atoms with van der Waals surface area (Å²) in [5, 5.41) is 0. The molecule has 0 fully saturated rings. The standard InChI is InChI=1S/C9H24OSi3/c1-9-13(8,12(5,6)7)10-11(2,3)4/h9H,1H2,2-8H3. The molecule has 0 N–H and O–H groups in total. The van der Waals surface area contributed by atoms with Gasteiger partial charge in [-0.05, 0) is 26.2 Å². The summed E-state index contributed by atoms with van der Waals surface area (Å²) in [4.78, 5) is 0. The van der Waals surface area contributed by atoms with Crippen LogP contribution in [0.1, 0.15) is 0 Å². The average Bonchev–Trinajstić information content (AvgIpc) is 1.81. The fourth-order valence-corrected chi connectivity index (χ4v) is 15.7. The molecule has 0 aromatic carbocycles. The minimum absolute atomic E-state index is 1.19. The van der Waals surface area contributed by atoms with Crippen LogP contribution in [0.5, 0.6) is 0 Å². The zero-order valence-electron chi connectivity index (χ0n) is 10.2. The second-order valence-corrected chi connectivity index (χ2v) is 25.4. The van der Waals surface area contributed by atoms with Crippen molar-refractivity contribution in [1.82, 2.24) is 0 Å². The molecule has 0 saturated heterocycles. The summed E-state index contributed by atoms with van der Waals surface area (Å²) in [5.41, 5.74) is 2.14. The Morgan fingerprint density at radius 2 is 1.31 bits per heavy atom. The first-order chi connectivity index (χ1) is 5.52. The molecular formula is C9H24OSi3. The van der Waals surface area contributed by atoms with E-state index in [9.17, 15) is 0 Å². The van der Waals surface area contributed by atoms with Crippen LogP contribution in [0.2, 0.25) is 45.8 Å². The van der Waals surface area contributed by atoms with E-state index in [2.05, 4.69) is 58.1 Å². The fourth-order valence-electron chi connectivity index (χ4n) is 1.14. The van der Waals surface area contributed by atoms with E-state index < -0.39 is 23.7 Å².